The molecule has 1 aromatic rings. The van der Waals surface area contributed by atoms with Crippen molar-refractivity contribution in [1.29, 1.82) is 0 Å². The molecule has 2 aliphatic rings. The second-order valence-corrected chi connectivity index (χ2v) is 7.03. The van der Waals surface area contributed by atoms with E-state index < -0.39 is 5.79 Å². The fourth-order valence-electron chi connectivity index (χ4n) is 3.06. The number of halogens is 1. The molecular weight excluding hydrogens is 376 g/mol. The number of anilines is 1. The number of hydrogen-bond donors (Lipinski definition) is 1. The number of piperidine rings is 1. The second kappa shape index (κ2) is 7.21. The zero-order valence-corrected chi connectivity index (χ0v) is 15.2. The van der Waals surface area contributed by atoms with Crippen LogP contribution in [0, 0.1) is 6.92 Å². The lowest BCUT2D eigenvalue weighted by molar-refractivity contribution is -0.187. The second-order valence-electron chi connectivity index (χ2n) is 6.18. The topological polar surface area (TPSA) is 67.9 Å². The van der Waals surface area contributed by atoms with Crippen LogP contribution in [0.1, 0.15) is 24.8 Å². The van der Waals surface area contributed by atoms with Gasteiger partial charge in [-0.05, 0) is 30.7 Å². The first-order valence-corrected chi connectivity index (χ1v) is 8.88. The summed E-state index contributed by atoms with van der Waals surface area (Å²) in [6.07, 6.45) is 1.17. The van der Waals surface area contributed by atoms with Gasteiger partial charge in [-0.25, -0.2) is 0 Å². The van der Waals surface area contributed by atoms with Crippen molar-refractivity contribution in [1.82, 2.24) is 4.90 Å². The summed E-state index contributed by atoms with van der Waals surface area (Å²) in [6, 6.07) is 5.54. The number of aryl methyl sites for hydroxylation is 1. The quantitative estimate of drug-likeness (QED) is 0.796. The molecule has 2 fully saturated rings. The molecule has 0 unspecified atom stereocenters. The third-order valence-corrected chi connectivity index (χ3v) is 5.33. The third-order valence-electron chi connectivity index (χ3n) is 4.44. The molecule has 6 nitrogen and oxygen atoms in total. The van der Waals surface area contributed by atoms with Gasteiger partial charge in [0.2, 0.25) is 11.8 Å². The van der Waals surface area contributed by atoms with Crippen molar-refractivity contribution in [2.45, 2.75) is 32.0 Å². The molecule has 1 aromatic carbocycles. The predicted molar refractivity (Wildman–Crippen MR) is 92.6 cm³/mol. The van der Waals surface area contributed by atoms with Crippen LogP contribution in [0.3, 0.4) is 0 Å². The first kappa shape index (κ1) is 17.4. The number of carbonyl (C=O) groups is 2. The van der Waals surface area contributed by atoms with Gasteiger partial charge in [0.05, 0.1) is 13.2 Å². The number of benzene rings is 1. The van der Waals surface area contributed by atoms with Gasteiger partial charge >= 0.3 is 0 Å². The van der Waals surface area contributed by atoms with Gasteiger partial charge in [0.25, 0.3) is 0 Å². The summed E-state index contributed by atoms with van der Waals surface area (Å²) in [5.74, 6) is -0.960. The van der Waals surface area contributed by atoms with Crippen LogP contribution in [-0.2, 0) is 19.1 Å². The molecule has 2 saturated heterocycles. The first-order chi connectivity index (χ1) is 11.5. The standard InChI is InChI=1S/C17H21BrN2O4/c1-12-10-13(2-3-14(12)18)19-15(21)11-16(22)20-6-4-17(5-7-20)23-8-9-24-17/h2-3,10H,4-9,11H2,1H3,(H,19,21). The Balaban J connectivity index is 1.49. The zero-order chi connectivity index (χ0) is 17.2. The Labute approximate surface area is 149 Å². The van der Waals surface area contributed by atoms with Crippen LogP contribution in [0.5, 0.6) is 0 Å². The van der Waals surface area contributed by atoms with Gasteiger partial charge in [0, 0.05) is 36.1 Å². The summed E-state index contributed by atoms with van der Waals surface area (Å²) >= 11 is 3.42. The molecule has 7 heteroatoms. The van der Waals surface area contributed by atoms with E-state index in [0.717, 1.165) is 10.0 Å². The molecule has 3 rings (SSSR count). The molecule has 2 amide bonds. The number of hydrogen-bond acceptors (Lipinski definition) is 4. The van der Waals surface area contributed by atoms with Crippen LogP contribution in [-0.4, -0.2) is 48.8 Å². The highest BCUT2D eigenvalue weighted by Crippen LogP contribution is 2.31. The van der Waals surface area contributed by atoms with Crippen LogP contribution >= 0.6 is 15.9 Å². The van der Waals surface area contributed by atoms with Crippen molar-refractivity contribution in [2.24, 2.45) is 0 Å². The molecule has 1 spiro atoms. The highest BCUT2D eigenvalue weighted by molar-refractivity contribution is 9.10. The Kier molecular flexibility index (Phi) is 5.22. The minimum Gasteiger partial charge on any atom is -0.347 e. The van der Waals surface area contributed by atoms with E-state index in [-0.39, 0.29) is 18.2 Å². The van der Waals surface area contributed by atoms with E-state index in [1.807, 2.05) is 19.1 Å². The molecule has 130 valence electrons. The Bertz CT molecular complexity index is 633. The van der Waals surface area contributed by atoms with Crippen LogP contribution in [0.25, 0.3) is 0 Å². The average molecular weight is 397 g/mol. The number of amides is 2. The SMILES string of the molecule is Cc1cc(NC(=O)CC(=O)N2CCC3(CC2)OCCO3)ccc1Br. The molecule has 0 aliphatic carbocycles. The summed E-state index contributed by atoms with van der Waals surface area (Å²) in [5.41, 5.74) is 1.72. The van der Waals surface area contributed by atoms with E-state index in [4.69, 9.17) is 9.47 Å². The van der Waals surface area contributed by atoms with Crippen molar-refractivity contribution in [3.63, 3.8) is 0 Å². The summed E-state index contributed by atoms with van der Waals surface area (Å²) in [6.45, 7) is 4.29. The summed E-state index contributed by atoms with van der Waals surface area (Å²) in [5, 5.41) is 2.77. The zero-order valence-electron chi connectivity index (χ0n) is 13.6. The van der Waals surface area contributed by atoms with E-state index in [1.54, 1.807) is 11.0 Å². The van der Waals surface area contributed by atoms with Gasteiger partial charge in [0.15, 0.2) is 5.79 Å². The molecule has 0 radical (unpaired) electrons. The normalized spacial score (nSPS) is 19.5. The molecule has 0 atom stereocenters. The lowest BCUT2D eigenvalue weighted by Crippen LogP contribution is -2.47. The highest BCUT2D eigenvalue weighted by atomic mass is 79.9. The fraction of sp³-hybridized carbons (Fsp3) is 0.529. The first-order valence-electron chi connectivity index (χ1n) is 8.09. The lowest BCUT2D eigenvalue weighted by Gasteiger charge is -2.37. The smallest absolute Gasteiger partial charge is 0.233 e. The minimum atomic E-state index is -0.506. The number of nitrogens with one attached hydrogen (secondary N) is 1. The predicted octanol–water partition coefficient (Wildman–Crippen LogP) is 2.45. The van der Waals surface area contributed by atoms with Crippen molar-refractivity contribution >= 4 is 33.4 Å². The maximum absolute atomic E-state index is 12.3. The summed E-state index contributed by atoms with van der Waals surface area (Å²) in [7, 11) is 0. The fourth-order valence-corrected chi connectivity index (χ4v) is 3.31. The molecule has 1 N–H and O–H groups in total. The summed E-state index contributed by atoms with van der Waals surface area (Å²) < 4.78 is 12.3. The van der Waals surface area contributed by atoms with E-state index >= 15 is 0 Å². The maximum Gasteiger partial charge on any atom is 0.233 e. The Hall–Kier alpha value is -1.44. The van der Waals surface area contributed by atoms with Gasteiger partial charge in [-0.3, -0.25) is 9.59 Å². The van der Waals surface area contributed by atoms with E-state index in [9.17, 15) is 9.59 Å². The molecule has 24 heavy (non-hydrogen) atoms. The number of carbonyl (C=O) groups excluding carboxylic acids is 2. The van der Waals surface area contributed by atoms with E-state index in [0.29, 0.717) is 44.8 Å². The molecule has 0 aromatic heterocycles. The molecular formula is C17H21BrN2O4. The van der Waals surface area contributed by atoms with Crippen LogP contribution in [0.15, 0.2) is 22.7 Å². The highest BCUT2D eigenvalue weighted by Gasteiger charge is 2.40. The van der Waals surface area contributed by atoms with Crippen LogP contribution < -0.4 is 5.32 Å². The maximum atomic E-state index is 12.3. The van der Waals surface area contributed by atoms with Gasteiger partial charge in [-0.1, -0.05) is 15.9 Å². The van der Waals surface area contributed by atoms with Gasteiger partial charge in [0.1, 0.15) is 6.42 Å². The van der Waals surface area contributed by atoms with Gasteiger partial charge in [-0.15, -0.1) is 0 Å². The van der Waals surface area contributed by atoms with E-state index in [1.165, 1.54) is 0 Å². The number of likely N-dealkylation sites (tertiary alicyclic amines) is 1. The number of nitrogens with zero attached hydrogens (tertiary/aromatic N) is 1. The molecule has 2 aliphatic heterocycles. The molecule has 2 heterocycles. The van der Waals surface area contributed by atoms with Crippen molar-refractivity contribution in [2.75, 3.05) is 31.6 Å². The van der Waals surface area contributed by atoms with Crippen LogP contribution in [0.2, 0.25) is 0 Å². The minimum absolute atomic E-state index is 0.149. The molecule has 0 bridgehead atoms. The Morgan fingerprint density at radius 3 is 2.54 bits per heavy atom. The number of rotatable bonds is 3. The number of ether oxygens (including phenoxy) is 2. The average Bonchev–Trinajstić information content (AvgIpc) is 2.99. The monoisotopic (exact) mass is 396 g/mol. The van der Waals surface area contributed by atoms with Crippen LogP contribution in [0.4, 0.5) is 5.69 Å². The molecule has 0 saturated carbocycles. The summed E-state index contributed by atoms with van der Waals surface area (Å²) in [4.78, 5) is 26.1. The van der Waals surface area contributed by atoms with Gasteiger partial charge in [-0.2, -0.15) is 0 Å². The van der Waals surface area contributed by atoms with Crippen molar-refractivity contribution in [3.05, 3.63) is 28.2 Å². The lowest BCUT2D eigenvalue weighted by atomic mass is 10.0. The Morgan fingerprint density at radius 2 is 1.92 bits per heavy atom. The van der Waals surface area contributed by atoms with Crippen molar-refractivity contribution < 1.29 is 19.1 Å². The third kappa shape index (κ3) is 3.96. The van der Waals surface area contributed by atoms with Crippen molar-refractivity contribution in [3.8, 4) is 0 Å². The van der Waals surface area contributed by atoms with E-state index in [2.05, 4.69) is 21.2 Å². The van der Waals surface area contributed by atoms with Gasteiger partial charge < -0.3 is 19.7 Å². The largest absolute Gasteiger partial charge is 0.347 e. The Morgan fingerprint density at radius 1 is 1.25 bits per heavy atom.